The lowest BCUT2D eigenvalue weighted by Gasteiger charge is -2.18. The fraction of sp³-hybridized carbons (Fsp3) is 0.333. The summed E-state index contributed by atoms with van der Waals surface area (Å²) in [5.41, 5.74) is 6.79. The minimum absolute atomic E-state index is 0.00256. The quantitative estimate of drug-likeness (QED) is 0.847. The Bertz CT molecular complexity index is 600. The maximum Gasteiger partial charge on any atom is 0.244 e. The molecule has 1 aromatic rings. The normalized spacial score (nSPS) is 11.9. The van der Waals surface area contributed by atoms with Gasteiger partial charge >= 0.3 is 0 Å². The van der Waals surface area contributed by atoms with E-state index in [2.05, 4.69) is 6.58 Å². The fourth-order valence-electron chi connectivity index (χ4n) is 1.56. The molecule has 2 N–H and O–H groups in total. The van der Waals surface area contributed by atoms with Crippen LogP contribution in [0.15, 0.2) is 29.2 Å². The third-order valence-corrected chi connectivity index (χ3v) is 5.12. The smallest absolute Gasteiger partial charge is 0.244 e. The van der Waals surface area contributed by atoms with Gasteiger partial charge in [0, 0.05) is 25.2 Å². The highest BCUT2D eigenvalue weighted by Gasteiger charge is 2.24. The lowest BCUT2D eigenvalue weighted by Crippen LogP contribution is -2.28. The summed E-state index contributed by atoms with van der Waals surface area (Å²) in [6.45, 7) is 5.81. The van der Waals surface area contributed by atoms with Crippen LogP contribution in [0.1, 0.15) is 12.5 Å². The Balaban J connectivity index is 3.32. The van der Waals surface area contributed by atoms with Crippen molar-refractivity contribution >= 4 is 33.2 Å². The molecule has 7 heteroatoms. The first-order chi connectivity index (χ1) is 8.70. The zero-order chi connectivity index (χ0) is 14.8. The average Bonchev–Trinajstić information content (AvgIpc) is 2.27. The Morgan fingerprint density at radius 3 is 2.42 bits per heavy atom. The van der Waals surface area contributed by atoms with Gasteiger partial charge in [-0.1, -0.05) is 35.4 Å². The first-order valence-electron chi connectivity index (χ1n) is 5.49. The van der Waals surface area contributed by atoms with Crippen LogP contribution in [0.4, 0.5) is 0 Å². The number of benzene rings is 1. The van der Waals surface area contributed by atoms with Crippen molar-refractivity contribution in [2.45, 2.75) is 18.4 Å². The SMILES string of the molecule is C=C(C)CN(C)S(=O)(=O)c1cc(CN)c(Cl)cc1Cl. The molecule has 1 aromatic carbocycles. The number of nitrogens with two attached hydrogens (primary N) is 1. The Labute approximate surface area is 123 Å². The Morgan fingerprint density at radius 2 is 1.95 bits per heavy atom. The van der Waals surface area contributed by atoms with Gasteiger partial charge in [-0.2, -0.15) is 4.31 Å². The third kappa shape index (κ3) is 3.70. The van der Waals surface area contributed by atoms with Gasteiger partial charge in [0.2, 0.25) is 10.0 Å². The van der Waals surface area contributed by atoms with E-state index in [4.69, 9.17) is 28.9 Å². The molecule has 0 aliphatic heterocycles. The van der Waals surface area contributed by atoms with Crippen LogP contribution in [0.2, 0.25) is 10.0 Å². The molecule has 0 unspecified atom stereocenters. The van der Waals surface area contributed by atoms with Crippen LogP contribution in [0.3, 0.4) is 0 Å². The molecule has 1 rings (SSSR count). The Hall–Kier alpha value is -0.590. The van der Waals surface area contributed by atoms with Crippen molar-refractivity contribution in [3.8, 4) is 0 Å². The van der Waals surface area contributed by atoms with Crippen LogP contribution in [-0.2, 0) is 16.6 Å². The zero-order valence-electron chi connectivity index (χ0n) is 10.8. The van der Waals surface area contributed by atoms with Gasteiger partial charge in [0.05, 0.1) is 5.02 Å². The van der Waals surface area contributed by atoms with Crippen molar-refractivity contribution in [1.82, 2.24) is 4.31 Å². The second kappa shape index (κ2) is 6.24. The maximum atomic E-state index is 12.4. The molecule has 106 valence electrons. The summed E-state index contributed by atoms with van der Waals surface area (Å²) in [7, 11) is -2.22. The average molecular weight is 323 g/mol. The number of hydrogen-bond donors (Lipinski definition) is 1. The molecule has 4 nitrogen and oxygen atoms in total. The van der Waals surface area contributed by atoms with E-state index < -0.39 is 10.0 Å². The summed E-state index contributed by atoms with van der Waals surface area (Å²) >= 11 is 11.9. The number of halogens is 2. The molecule has 0 aromatic heterocycles. The summed E-state index contributed by atoms with van der Waals surface area (Å²) in [5, 5.41) is 0.435. The van der Waals surface area contributed by atoms with Gasteiger partial charge in [-0.25, -0.2) is 8.42 Å². The highest BCUT2D eigenvalue weighted by molar-refractivity contribution is 7.89. The van der Waals surface area contributed by atoms with Crippen molar-refractivity contribution in [2.24, 2.45) is 5.73 Å². The number of hydrogen-bond acceptors (Lipinski definition) is 3. The number of sulfonamides is 1. The summed E-state index contributed by atoms with van der Waals surface area (Å²) < 4.78 is 26.0. The van der Waals surface area contributed by atoms with E-state index in [1.165, 1.54) is 23.5 Å². The zero-order valence-corrected chi connectivity index (χ0v) is 13.1. The summed E-state index contributed by atoms with van der Waals surface area (Å²) in [6, 6.07) is 2.81. The van der Waals surface area contributed by atoms with Crippen molar-refractivity contribution in [2.75, 3.05) is 13.6 Å². The molecule has 0 heterocycles. The molecular weight excluding hydrogens is 307 g/mol. The van der Waals surface area contributed by atoms with Gasteiger partial charge in [-0.3, -0.25) is 0 Å². The molecule has 0 spiro atoms. The predicted octanol–water partition coefficient (Wildman–Crippen LogP) is 2.65. The molecule has 19 heavy (non-hydrogen) atoms. The van der Waals surface area contributed by atoms with Crippen molar-refractivity contribution in [1.29, 1.82) is 0 Å². The van der Waals surface area contributed by atoms with Crippen LogP contribution < -0.4 is 5.73 Å². The molecule has 0 atom stereocenters. The summed E-state index contributed by atoms with van der Waals surface area (Å²) in [4.78, 5) is 0.00256. The van der Waals surface area contributed by atoms with Crippen LogP contribution >= 0.6 is 23.2 Å². The van der Waals surface area contributed by atoms with Crippen molar-refractivity contribution in [3.05, 3.63) is 39.9 Å². The van der Waals surface area contributed by atoms with E-state index in [1.807, 2.05) is 0 Å². The number of nitrogens with zero attached hydrogens (tertiary/aromatic N) is 1. The van der Waals surface area contributed by atoms with E-state index in [-0.39, 0.29) is 23.0 Å². The molecule has 0 aliphatic carbocycles. The molecule has 0 bridgehead atoms. The van der Waals surface area contributed by atoms with Gasteiger partial charge < -0.3 is 5.73 Å². The molecule has 0 aliphatic rings. The molecule has 0 fully saturated rings. The minimum atomic E-state index is -3.69. The van der Waals surface area contributed by atoms with Crippen LogP contribution in [0.5, 0.6) is 0 Å². The Kier molecular flexibility index (Phi) is 5.41. The van der Waals surface area contributed by atoms with Crippen LogP contribution in [0, 0.1) is 0 Å². The molecule has 0 saturated carbocycles. The first-order valence-corrected chi connectivity index (χ1v) is 7.68. The van der Waals surface area contributed by atoms with Crippen LogP contribution in [0.25, 0.3) is 0 Å². The minimum Gasteiger partial charge on any atom is -0.326 e. The van der Waals surface area contributed by atoms with Crippen molar-refractivity contribution < 1.29 is 8.42 Å². The topological polar surface area (TPSA) is 63.4 Å². The van der Waals surface area contributed by atoms with E-state index in [0.29, 0.717) is 10.6 Å². The Morgan fingerprint density at radius 1 is 1.37 bits per heavy atom. The van der Waals surface area contributed by atoms with E-state index in [9.17, 15) is 8.42 Å². The second-order valence-corrected chi connectivity index (χ2v) is 7.12. The predicted molar refractivity (Wildman–Crippen MR) is 79.0 cm³/mol. The standard InChI is InChI=1S/C12H16Cl2N2O2S/c1-8(2)7-16(3)19(17,18)12-4-9(6-15)10(13)5-11(12)14/h4-5H,1,6-7,15H2,2-3H3. The van der Waals surface area contributed by atoms with Gasteiger partial charge in [0.25, 0.3) is 0 Å². The molecule has 0 saturated heterocycles. The lowest BCUT2D eigenvalue weighted by atomic mass is 10.2. The van der Waals surface area contributed by atoms with E-state index in [1.54, 1.807) is 6.92 Å². The van der Waals surface area contributed by atoms with E-state index >= 15 is 0 Å². The maximum absolute atomic E-state index is 12.4. The summed E-state index contributed by atoms with van der Waals surface area (Å²) in [5.74, 6) is 0. The highest BCUT2D eigenvalue weighted by atomic mass is 35.5. The van der Waals surface area contributed by atoms with Crippen molar-refractivity contribution in [3.63, 3.8) is 0 Å². The monoisotopic (exact) mass is 322 g/mol. The van der Waals surface area contributed by atoms with Gasteiger partial charge in [0.1, 0.15) is 4.90 Å². The van der Waals surface area contributed by atoms with Gasteiger partial charge in [-0.15, -0.1) is 0 Å². The molecule has 0 radical (unpaired) electrons. The first kappa shape index (κ1) is 16.5. The highest BCUT2D eigenvalue weighted by Crippen LogP contribution is 2.30. The molecule has 0 amide bonds. The number of rotatable bonds is 5. The lowest BCUT2D eigenvalue weighted by molar-refractivity contribution is 0.493. The largest absolute Gasteiger partial charge is 0.326 e. The number of likely N-dealkylation sites (N-methyl/N-ethyl adjacent to an activating group) is 1. The fourth-order valence-corrected chi connectivity index (χ4v) is 3.63. The second-order valence-electron chi connectivity index (χ2n) is 4.30. The molecular formula is C12H16Cl2N2O2S. The van der Waals surface area contributed by atoms with Crippen LogP contribution in [-0.4, -0.2) is 26.3 Å². The van der Waals surface area contributed by atoms with Gasteiger partial charge in [0.15, 0.2) is 0 Å². The van der Waals surface area contributed by atoms with E-state index in [0.717, 1.165) is 5.57 Å². The third-order valence-electron chi connectivity index (χ3n) is 2.50. The van der Waals surface area contributed by atoms with Gasteiger partial charge in [-0.05, 0) is 24.6 Å². The summed E-state index contributed by atoms with van der Waals surface area (Å²) in [6.07, 6.45) is 0.